The number of aromatic amines is 2. The summed E-state index contributed by atoms with van der Waals surface area (Å²) in [5.74, 6) is -8.31. The zero-order chi connectivity index (χ0) is 48.2. The number of primary amides is 1. The zero-order valence-electron chi connectivity index (χ0n) is 36.1. The maximum atomic E-state index is 14.1. The van der Waals surface area contributed by atoms with Crippen LogP contribution in [-0.4, -0.2) is 152 Å². The van der Waals surface area contributed by atoms with Gasteiger partial charge in [0.1, 0.15) is 42.3 Å². The molecule has 0 radical (unpaired) electrons. The molecule has 0 bridgehead atoms. The number of nitrogens with zero attached hydrogens (tertiary/aromatic N) is 1. The lowest BCUT2D eigenvalue weighted by atomic mass is 10.0. The van der Waals surface area contributed by atoms with Gasteiger partial charge in [0.05, 0.1) is 19.5 Å². The number of aliphatic hydroxyl groups excluding tert-OH is 1. The van der Waals surface area contributed by atoms with Crippen LogP contribution in [0, 0.1) is 0 Å². The van der Waals surface area contributed by atoms with Crippen LogP contribution < -0.4 is 48.3 Å². The molecule has 0 spiro atoms. The molecule has 25 heteroatoms. The average Bonchev–Trinajstić information content (AvgIpc) is 3.93. The van der Waals surface area contributed by atoms with Crippen molar-refractivity contribution in [3.8, 4) is 0 Å². The summed E-state index contributed by atoms with van der Waals surface area (Å²) in [7, 11) is 0. The van der Waals surface area contributed by atoms with Crippen LogP contribution in [-0.2, 0) is 60.8 Å². The van der Waals surface area contributed by atoms with Crippen LogP contribution in [0.1, 0.15) is 51.3 Å². The molecule has 0 unspecified atom stereocenters. The molecule has 2 heterocycles. The molecule has 0 aliphatic rings. The Kier molecular flexibility index (Phi) is 20.9. The number of para-hydroxylation sites is 1. The quantitative estimate of drug-likeness (QED) is 0.0351. The van der Waals surface area contributed by atoms with E-state index in [1.54, 1.807) is 36.7 Å². The number of rotatable bonds is 27. The van der Waals surface area contributed by atoms with E-state index in [0.717, 1.165) is 6.92 Å². The Labute approximate surface area is 376 Å². The first-order valence-corrected chi connectivity index (χ1v) is 21.7. The Hall–Kier alpha value is -7.02. The zero-order valence-corrected chi connectivity index (χ0v) is 37.0. The average molecular weight is 929 g/mol. The van der Waals surface area contributed by atoms with Gasteiger partial charge in [-0.25, -0.2) is 4.98 Å². The molecule has 0 fully saturated rings. The first-order valence-electron chi connectivity index (χ1n) is 20.3. The summed E-state index contributed by atoms with van der Waals surface area (Å²) in [6.07, 6.45) is 5.18. The number of aliphatic carboxylic acids is 1. The fourth-order valence-corrected chi connectivity index (χ4v) is 6.66. The number of fused-ring (bicyclic) bond motifs is 1. The molecule has 0 aliphatic heterocycles. The number of carboxylic acid groups (broad SMARTS) is 1. The van der Waals surface area contributed by atoms with E-state index in [1.165, 1.54) is 38.1 Å². The van der Waals surface area contributed by atoms with Crippen molar-refractivity contribution < 1.29 is 58.2 Å². The standard InChI is InChI=1S/C40H56N12O12S/c1-20(46-35(58)28(11-12-65-4)51-39(62)31(18-53)48-22(3)54)34(57)44-17-33(56)49-29(13-23-15-43-26-8-6-5-7-25(23)26)38(61)50-27(9-10-32(41)55)36(59)52-30(14-24-16-42-19-45-24)37(60)47-21(2)40(63)64/h5-8,15-16,19-21,27-31,43,53H,9-14,17-18H2,1-4H3,(H2,41,55)(H,42,45)(H,44,57)(H,46,58)(H,47,60)(H,48,54)(H,49,56)(H,50,61)(H,51,62)(H,52,59)(H,63,64)/t20-,21-,27-,28-,29-,30-,31-/m0/s1. The molecule has 0 saturated heterocycles. The second-order valence-corrected chi connectivity index (χ2v) is 15.9. The van der Waals surface area contributed by atoms with E-state index >= 15 is 0 Å². The number of carbonyl (C=O) groups is 10. The Morgan fingerprint density at radius 1 is 0.723 bits per heavy atom. The molecule has 24 nitrogen and oxygen atoms in total. The number of hydrogen-bond donors (Lipinski definition) is 13. The fraction of sp³-hybridized carbons (Fsp3) is 0.475. The Balaban J connectivity index is 1.79. The molecule has 2 aromatic heterocycles. The van der Waals surface area contributed by atoms with Gasteiger partial charge in [0.2, 0.25) is 53.2 Å². The van der Waals surface area contributed by atoms with Gasteiger partial charge in [-0.1, -0.05) is 18.2 Å². The smallest absolute Gasteiger partial charge is 0.325 e. The number of carboxylic acids is 1. The lowest BCUT2D eigenvalue weighted by molar-refractivity contribution is -0.141. The molecule has 354 valence electrons. The van der Waals surface area contributed by atoms with Gasteiger partial charge in [0, 0.05) is 55.2 Å². The Bertz CT molecular complexity index is 2170. The molecule has 7 atom stereocenters. The van der Waals surface area contributed by atoms with Gasteiger partial charge in [-0.05, 0) is 50.3 Å². The molecule has 3 aromatic rings. The minimum Gasteiger partial charge on any atom is -0.480 e. The molecule has 9 amide bonds. The summed E-state index contributed by atoms with van der Waals surface area (Å²) in [4.78, 5) is 138. The Morgan fingerprint density at radius 2 is 1.31 bits per heavy atom. The summed E-state index contributed by atoms with van der Waals surface area (Å²) in [5.41, 5.74) is 7.07. The van der Waals surface area contributed by atoms with E-state index in [0.29, 0.717) is 27.9 Å². The SMILES string of the molecule is CSCC[C@H](NC(=O)[C@H](CO)NC(C)=O)C(=O)N[C@@H](C)C(=O)NCC(=O)N[C@@H](Cc1c[nH]c2ccccc12)C(=O)N[C@@H](CCC(N)=O)C(=O)N[C@@H](Cc1cnc[nH]1)C(=O)N[C@@H](C)C(=O)O. The third-order valence-electron chi connectivity index (χ3n) is 9.70. The largest absolute Gasteiger partial charge is 0.480 e. The second kappa shape index (κ2) is 25.9. The molecular formula is C40H56N12O12S. The van der Waals surface area contributed by atoms with Gasteiger partial charge in [-0.3, -0.25) is 47.9 Å². The van der Waals surface area contributed by atoms with Crippen molar-refractivity contribution in [3.63, 3.8) is 0 Å². The summed E-state index contributed by atoms with van der Waals surface area (Å²) in [6, 6.07) is -2.26. The van der Waals surface area contributed by atoms with Crippen LogP contribution >= 0.6 is 11.8 Å². The van der Waals surface area contributed by atoms with E-state index in [1.807, 2.05) is 0 Å². The summed E-state index contributed by atoms with van der Waals surface area (Å²) in [5, 5.41) is 39.1. The van der Waals surface area contributed by atoms with E-state index in [-0.39, 0.29) is 25.7 Å². The van der Waals surface area contributed by atoms with Crippen LogP contribution in [0.25, 0.3) is 10.9 Å². The third kappa shape index (κ3) is 17.2. The lowest BCUT2D eigenvalue weighted by Crippen LogP contribution is -2.59. The van der Waals surface area contributed by atoms with E-state index in [4.69, 9.17) is 5.73 Å². The minimum atomic E-state index is -1.51. The monoisotopic (exact) mass is 928 g/mol. The van der Waals surface area contributed by atoms with E-state index < -0.39 is 121 Å². The maximum Gasteiger partial charge on any atom is 0.325 e. The number of aliphatic hydroxyl groups is 1. The normalized spacial score (nSPS) is 14.2. The van der Waals surface area contributed by atoms with Crippen LogP contribution in [0.15, 0.2) is 43.0 Å². The van der Waals surface area contributed by atoms with Crippen LogP contribution in [0.5, 0.6) is 0 Å². The van der Waals surface area contributed by atoms with Gasteiger partial charge in [0.25, 0.3) is 0 Å². The number of imidazole rings is 1. The first-order chi connectivity index (χ1) is 30.8. The van der Waals surface area contributed by atoms with Crippen LogP contribution in [0.4, 0.5) is 0 Å². The van der Waals surface area contributed by atoms with Crippen molar-refractivity contribution in [1.29, 1.82) is 0 Å². The minimum absolute atomic E-state index is 0.131. The number of H-pyrrole nitrogens is 2. The highest BCUT2D eigenvalue weighted by Gasteiger charge is 2.33. The maximum absolute atomic E-state index is 14.1. The molecule has 1 aromatic carbocycles. The number of hydrogen-bond acceptors (Lipinski definition) is 13. The highest BCUT2D eigenvalue weighted by Crippen LogP contribution is 2.19. The van der Waals surface area contributed by atoms with Crippen molar-refractivity contribution >= 4 is 81.8 Å². The molecule has 14 N–H and O–H groups in total. The van der Waals surface area contributed by atoms with Gasteiger partial charge in [0.15, 0.2) is 0 Å². The number of aromatic nitrogens is 3. The van der Waals surface area contributed by atoms with Gasteiger partial charge >= 0.3 is 5.97 Å². The van der Waals surface area contributed by atoms with Gasteiger partial charge in [-0.15, -0.1) is 0 Å². The highest BCUT2D eigenvalue weighted by molar-refractivity contribution is 7.98. The summed E-state index contributed by atoms with van der Waals surface area (Å²) < 4.78 is 0. The molecular weight excluding hydrogens is 873 g/mol. The third-order valence-corrected chi connectivity index (χ3v) is 10.3. The number of nitrogens with one attached hydrogen (secondary N) is 10. The van der Waals surface area contributed by atoms with Crippen molar-refractivity contribution in [1.82, 2.24) is 57.5 Å². The van der Waals surface area contributed by atoms with E-state index in [2.05, 4.69) is 57.5 Å². The molecule has 65 heavy (non-hydrogen) atoms. The van der Waals surface area contributed by atoms with Crippen molar-refractivity contribution in [2.45, 2.75) is 95.2 Å². The number of nitrogens with two attached hydrogens (primary N) is 1. The topological polar surface area (TPSA) is 378 Å². The van der Waals surface area contributed by atoms with Gasteiger partial charge < -0.3 is 68.4 Å². The predicted octanol–water partition coefficient (Wildman–Crippen LogP) is -3.66. The number of carbonyl (C=O) groups excluding carboxylic acids is 9. The fourth-order valence-electron chi connectivity index (χ4n) is 6.19. The number of benzene rings is 1. The van der Waals surface area contributed by atoms with E-state index in [9.17, 15) is 58.2 Å². The first kappa shape index (κ1) is 52.3. The molecule has 0 aliphatic carbocycles. The van der Waals surface area contributed by atoms with Crippen LogP contribution in [0.2, 0.25) is 0 Å². The Morgan fingerprint density at radius 3 is 1.92 bits per heavy atom. The number of thioether (sulfide) groups is 1. The van der Waals surface area contributed by atoms with Crippen LogP contribution in [0.3, 0.4) is 0 Å². The van der Waals surface area contributed by atoms with Crippen molar-refractivity contribution in [2.75, 3.05) is 25.2 Å². The number of amides is 9. The van der Waals surface area contributed by atoms with Crippen molar-refractivity contribution in [2.24, 2.45) is 5.73 Å². The predicted molar refractivity (Wildman–Crippen MR) is 234 cm³/mol. The highest BCUT2D eigenvalue weighted by atomic mass is 32.2. The second-order valence-electron chi connectivity index (χ2n) is 14.9. The summed E-state index contributed by atoms with van der Waals surface area (Å²) in [6.45, 7) is 2.28. The lowest BCUT2D eigenvalue weighted by Gasteiger charge is -2.26. The molecule has 3 rings (SSSR count). The van der Waals surface area contributed by atoms with Gasteiger partial charge in [-0.2, -0.15) is 11.8 Å². The van der Waals surface area contributed by atoms with Crippen molar-refractivity contribution in [3.05, 3.63) is 54.2 Å². The molecule has 0 saturated carbocycles. The summed E-state index contributed by atoms with van der Waals surface area (Å²) >= 11 is 1.38.